The van der Waals surface area contributed by atoms with Gasteiger partial charge < -0.3 is 10.1 Å². The fourth-order valence-electron chi connectivity index (χ4n) is 3.98. The van der Waals surface area contributed by atoms with Gasteiger partial charge in [0.15, 0.2) is 6.61 Å². The molecule has 0 saturated heterocycles. The smallest absolute Gasteiger partial charge is 0.174 e. The molecule has 4 rings (SSSR count). The fourth-order valence-corrected chi connectivity index (χ4v) is 3.98. The van der Waals surface area contributed by atoms with Crippen molar-refractivity contribution >= 4 is 11.4 Å². The Morgan fingerprint density at radius 1 is 1.10 bits per heavy atom. The Hall–Kier alpha value is -3.49. The summed E-state index contributed by atoms with van der Waals surface area (Å²) in [6, 6.07) is 18.8. The lowest BCUT2D eigenvalue weighted by Crippen LogP contribution is -2.13. The summed E-state index contributed by atoms with van der Waals surface area (Å²) in [4.78, 5) is 4.90. The number of fused-ring (bicyclic) bond motifs is 1. The van der Waals surface area contributed by atoms with Crippen molar-refractivity contribution in [1.29, 1.82) is 5.26 Å². The van der Waals surface area contributed by atoms with Gasteiger partial charge in [-0.1, -0.05) is 43.3 Å². The molecule has 5 heteroatoms. The summed E-state index contributed by atoms with van der Waals surface area (Å²) < 4.78 is 20.1. The average Bonchev–Trinajstić information content (AvgIpc) is 3.19. The van der Waals surface area contributed by atoms with Gasteiger partial charge in [0, 0.05) is 24.1 Å². The first-order chi connectivity index (χ1) is 15.1. The second kappa shape index (κ2) is 9.11. The zero-order valence-electron chi connectivity index (χ0n) is 17.7. The molecule has 0 unspecified atom stereocenters. The predicted octanol–water partition coefficient (Wildman–Crippen LogP) is 5.49. The van der Waals surface area contributed by atoms with E-state index in [1.807, 2.05) is 56.3 Å². The van der Waals surface area contributed by atoms with E-state index in [-0.39, 0.29) is 12.4 Å². The lowest BCUT2D eigenvalue weighted by atomic mass is 9.92. The SMILES string of the molecule is CCNCc1cc2c(cc1OCC#N)CC(c1cccc(-c3ccccc3F)c1C)=N2. The number of halogens is 1. The highest BCUT2D eigenvalue weighted by atomic mass is 19.1. The van der Waals surface area contributed by atoms with Crippen molar-refractivity contribution in [3.63, 3.8) is 0 Å². The normalized spacial score (nSPS) is 12.3. The molecule has 0 spiro atoms. The number of benzene rings is 3. The van der Waals surface area contributed by atoms with E-state index in [0.29, 0.717) is 18.5 Å². The molecule has 156 valence electrons. The molecule has 0 bridgehead atoms. The van der Waals surface area contributed by atoms with Crippen molar-refractivity contribution in [2.45, 2.75) is 26.8 Å². The minimum absolute atomic E-state index is 0.00934. The minimum atomic E-state index is -0.230. The molecule has 0 aliphatic carbocycles. The first kappa shape index (κ1) is 20.8. The fraction of sp³-hybridized carbons (Fsp3) is 0.231. The topological polar surface area (TPSA) is 57.4 Å². The highest BCUT2D eigenvalue weighted by molar-refractivity contribution is 6.08. The van der Waals surface area contributed by atoms with E-state index in [4.69, 9.17) is 15.0 Å². The van der Waals surface area contributed by atoms with Gasteiger partial charge in [-0.15, -0.1) is 0 Å². The summed E-state index contributed by atoms with van der Waals surface area (Å²) in [5, 5.41) is 12.2. The number of nitrogens with one attached hydrogen (secondary N) is 1. The summed E-state index contributed by atoms with van der Waals surface area (Å²) in [6.45, 7) is 5.56. The Kier molecular flexibility index (Phi) is 6.11. The molecule has 4 nitrogen and oxygen atoms in total. The van der Waals surface area contributed by atoms with Crippen LogP contribution in [0.25, 0.3) is 11.1 Å². The van der Waals surface area contributed by atoms with Crippen LogP contribution in [-0.4, -0.2) is 18.9 Å². The van der Waals surface area contributed by atoms with Crippen molar-refractivity contribution in [3.05, 3.63) is 82.7 Å². The van der Waals surface area contributed by atoms with Crippen molar-refractivity contribution in [2.24, 2.45) is 4.99 Å². The number of nitriles is 1. The van der Waals surface area contributed by atoms with Gasteiger partial charge in [0.25, 0.3) is 0 Å². The third kappa shape index (κ3) is 4.21. The lowest BCUT2D eigenvalue weighted by Gasteiger charge is -2.12. The van der Waals surface area contributed by atoms with Crippen LogP contribution in [0.2, 0.25) is 0 Å². The second-order valence-electron chi connectivity index (χ2n) is 7.51. The number of rotatable bonds is 7. The zero-order valence-corrected chi connectivity index (χ0v) is 17.7. The molecule has 3 aromatic rings. The van der Waals surface area contributed by atoms with Gasteiger partial charge in [0.05, 0.1) is 11.4 Å². The third-order valence-corrected chi connectivity index (χ3v) is 5.54. The first-order valence-electron chi connectivity index (χ1n) is 10.4. The molecule has 1 aliphatic rings. The Balaban J connectivity index is 1.71. The molecule has 31 heavy (non-hydrogen) atoms. The van der Waals surface area contributed by atoms with Crippen LogP contribution in [0.15, 0.2) is 59.6 Å². The number of ether oxygens (including phenoxy) is 1. The number of hydrogen-bond acceptors (Lipinski definition) is 4. The maximum Gasteiger partial charge on any atom is 0.174 e. The molecule has 0 radical (unpaired) electrons. The molecule has 0 fully saturated rings. The van der Waals surface area contributed by atoms with Crippen LogP contribution in [0.4, 0.5) is 10.1 Å². The molecule has 1 N–H and O–H groups in total. The molecular weight excluding hydrogens is 389 g/mol. The highest BCUT2D eigenvalue weighted by Crippen LogP contribution is 2.37. The van der Waals surface area contributed by atoms with Gasteiger partial charge >= 0.3 is 0 Å². The number of aliphatic imine (C=N–C) groups is 1. The monoisotopic (exact) mass is 413 g/mol. The van der Waals surface area contributed by atoms with E-state index < -0.39 is 0 Å². The van der Waals surface area contributed by atoms with Crippen LogP contribution in [0.1, 0.15) is 29.2 Å². The molecule has 3 aromatic carbocycles. The Labute approximate surface area is 182 Å². The average molecular weight is 413 g/mol. The Bertz CT molecular complexity index is 1190. The lowest BCUT2D eigenvalue weighted by molar-refractivity contribution is 0.362. The third-order valence-electron chi connectivity index (χ3n) is 5.54. The van der Waals surface area contributed by atoms with E-state index >= 15 is 0 Å². The maximum absolute atomic E-state index is 14.4. The number of nitrogens with zero attached hydrogens (tertiary/aromatic N) is 2. The maximum atomic E-state index is 14.4. The van der Waals surface area contributed by atoms with Gasteiger partial charge in [-0.3, -0.25) is 4.99 Å². The van der Waals surface area contributed by atoms with Gasteiger partial charge in [-0.25, -0.2) is 4.39 Å². The van der Waals surface area contributed by atoms with Crippen LogP contribution in [0.5, 0.6) is 5.75 Å². The van der Waals surface area contributed by atoms with Crippen molar-refractivity contribution in [1.82, 2.24) is 5.32 Å². The largest absolute Gasteiger partial charge is 0.478 e. The highest BCUT2D eigenvalue weighted by Gasteiger charge is 2.21. The molecule has 0 atom stereocenters. The van der Waals surface area contributed by atoms with Gasteiger partial charge in [-0.05, 0) is 53.9 Å². The van der Waals surface area contributed by atoms with Gasteiger partial charge in [0.1, 0.15) is 17.6 Å². The van der Waals surface area contributed by atoms with Crippen molar-refractivity contribution in [2.75, 3.05) is 13.2 Å². The quantitative estimate of drug-likeness (QED) is 0.557. The first-order valence-corrected chi connectivity index (χ1v) is 10.4. The number of hydrogen-bond donors (Lipinski definition) is 1. The zero-order chi connectivity index (χ0) is 21.8. The van der Waals surface area contributed by atoms with Crippen LogP contribution in [0.3, 0.4) is 0 Å². The van der Waals surface area contributed by atoms with E-state index in [1.165, 1.54) is 6.07 Å². The second-order valence-corrected chi connectivity index (χ2v) is 7.51. The summed E-state index contributed by atoms with van der Waals surface area (Å²) in [5.74, 6) is 0.487. The van der Waals surface area contributed by atoms with E-state index in [2.05, 4.69) is 5.32 Å². The van der Waals surface area contributed by atoms with E-state index in [9.17, 15) is 4.39 Å². The Morgan fingerprint density at radius 2 is 1.87 bits per heavy atom. The van der Waals surface area contributed by atoms with Crippen molar-refractivity contribution in [3.8, 4) is 22.9 Å². The predicted molar refractivity (Wildman–Crippen MR) is 121 cm³/mol. The van der Waals surface area contributed by atoms with Crippen LogP contribution >= 0.6 is 0 Å². The molecule has 0 saturated carbocycles. The van der Waals surface area contributed by atoms with Crippen LogP contribution in [-0.2, 0) is 13.0 Å². The van der Waals surface area contributed by atoms with Crippen molar-refractivity contribution < 1.29 is 9.13 Å². The van der Waals surface area contributed by atoms with Gasteiger partial charge in [0.2, 0.25) is 0 Å². The summed E-state index contributed by atoms with van der Waals surface area (Å²) in [7, 11) is 0. The minimum Gasteiger partial charge on any atom is -0.478 e. The summed E-state index contributed by atoms with van der Waals surface area (Å²) in [6.07, 6.45) is 0.668. The summed E-state index contributed by atoms with van der Waals surface area (Å²) >= 11 is 0. The molecule has 1 aliphatic heterocycles. The van der Waals surface area contributed by atoms with E-state index in [0.717, 1.165) is 51.5 Å². The standard InChI is InChI=1S/C26H24FN3O/c1-3-29-16-19-14-24-18(15-26(19)31-12-11-28)13-25(30-24)21-9-6-8-20(17(21)2)22-7-4-5-10-23(22)27/h4-10,14-15,29H,3,12-13,16H2,1-2H3. The molecule has 0 aromatic heterocycles. The van der Waals surface area contributed by atoms with Gasteiger partial charge in [-0.2, -0.15) is 5.26 Å². The molecular formula is C26H24FN3O. The summed E-state index contributed by atoms with van der Waals surface area (Å²) in [5.41, 5.74) is 7.42. The van der Waals surface area contributed by atoms with E-state index in [1.54, 1.807) is 12.1 Å². The molecule has 1 heterocycles. The van der Waals surface area contributed by atoms with Crippen LogP contribution in [0, 0.1) is 24.1 Å². The Morgan fingerprint density at radius 3 is 2.65 bits per heavy atom. The molecule has 0 amide bonds. The van der Waals surface area contributed by atoms with Crippen LogP contribution < -0.4 is 10.1 Å².